The van der Waals surface area contributed by atoms with Crippen LogP contribution in [0, 0.1) is 6.92 Å². The minimum absolute atomic E-state index is 0.0218. The number of pyridine rings is 1. The van der Waals surface area contributed by atoms with Gasteiger partial charge in [0.1, 0.15) is 11.4 Å². The van der Waals surface area contributed by atoms with Crippen LogP contribution < -0.4 is 20.9 Å². The molecule has 7 nitrogen and oxygen atoms in total. The van der Waals surface area contributed by atoms with Gasteiger partial charge in [0.15, 0.2) is 0 Å². The average Bonchev–Trinajstić information content (AvgIpc) is 2.73. The molecule has 0 saturated heterocycles. The van der Waals surface area contributed by atoms with Gasteiger partial charge in [-0.15, -0.1) is 0 Å². The normalized spacial score (nSPS) is 11.5. The Morgan fingerprint density at radius 2 is 1.77 bits per heavy atom. The van der Waals surface area contributed by atoms with Gasteiger partial charge in [-0.1, -0.05) is 12.1 Å². The van der Waals surface area contributed by atoms with Crippen LogP contribution in [-0.4, -0.2) is 29.9 Å². The summed E-state index contributed by atoms with van der Waals surface area (Å²) in [6, 6.07) is 13.7. The van der Waals surface area contributed by atoms with Gasteiger partial charge in [0.05, 0.1) is 7.11 Å². The van der Waals surface area contributed by atoms with E-state index in [4.69, 9.17) is 4.74 Å². The van der Waals surface area contributed by atoms with Crippen LogP contribution >= 0.6 is 0 Å². The number of fused-ring (bicyclic) bond motifs is 1. The number of aromatic nitrogens is 1. The summed E-state index contributed by atoms with van der Waals surface area (Å²) < 4.78 is 5.10. The molecule has 3 aromatic rings. The van der Waals surface area contributed by atoms with Crippen molar-refractivity contribution in [2.75, 3.05) is 7.11 Å². The van der Waals surface area contributed by atoms with E-state index in [-0.39, 0.29) is 22.9 Å². The summed E-state index contributed by atoms with van der Waals surface area (Å²) in [5.41, 5.74) is 1.97. The van der Waals surface area contributed by atoms with E-state index < -0.39 is 11.8 Å². The van der Waals surface area contributed by atoms with Crippen molar-refractivity contribution >= 4 is 28.8 Å². The number of carbonyl (C=O) groups excluding carboxylic acids is 2. The zero-order chi connectivity index (χ0) is 22.5. The van der Waals surface area contributed by atoms with Gasteiger partial charge in [-0.05, 0) is 74.2 Å². The SMILES string of the molecule is COc1ccc(C(=O)NC(=Cc2cc3ccc(C)cc3[nH]c2=O)C(=O)NC(C)C)cc1. The zero-order valence-corrected chi connectivity index (χ0v) is 17.9. The molecule has 2 amide bonds. The summed E-state index contributed by atoms with van der Waals surface area (Å²) in [5.74, 6) is -0.344. The number of carbonyl (C=O) groups is 2. The van der Waals surface area contributed by atoms with Gasteiger partial charge in [-0.25, -0.2) is 0 Å². The van der Waals surface area contributed by atoms with E-state index in [0.29, 0.717) is 16.8 Å². The minimum atomic E-state index is -0.486. The highest BCUT2D eigenvalue weighted by Crippen LogP contribution is 2.15. The van der Waals surface area contributed by atoms with Gasteiger partial charge in [0.25, 0.3) is 17.4 Å². The largest absolute Gasteiger partial charge is 0.497 e. The topological polar surface area (TPSA) is 100 Å². The number of aromatic amines is 1. The molecule has 0 aliphatic heterocycles. The van der Waals surface area contributed by atoms with Crippen molar-refractivity contribution in [3.05, 3.63) is 81.3 Å². The van der Waals surface area contributed by atoms with E-state index in [9.17, 15) is 14.4 Å². The van der Waals surface area contributed by atoms with Gasteiger partial charge in [-0.3, -0.25) is 14.4 Å². The first-order valence-corrected chi connectivity index (χ1v) is 9.88. The van der Waals surface area contributed by atoms with Crippen molar-refractivity contribution in [3.8, 4) is 5.75 Å². The minimum Gasteiger partial charge on any atom is -0.497 e. The van der Waals surface area contributed by atoms with E-state index >= 15 is 0 Å². The van der Waals surface area contributed by atoms with Crippen LogP contribution in [0.15, 0.2) is 59.0 Å². The van der Waals surface area contributed by atoms with Crippen molar-refractivity contribution in [2.45, 2.75) is 26.8 Å². The molecule has 0 unspecified atom stereocenters. The molecular formula is C24H25N3O4. The predicted molar refractivity (Wildman–Crippen MR) is 121 cm³/mol. The third kappa shape index (κ3) is 5.39. The van der Waals surface area contributed by atoms with Crippen LogP contribution in [0.4, 0.5) is 0 Å². The number of nitrogens with one attached hydrogen (secondary N) is 3. The van der Waals surface area contributed by atoms with Crippen LogP contribution in [0.5, 0.6) is 5.75 Å². The summed E-state index contributed by atoms with van der Waals surface area (Å²) in [7, 11) is 1.54. The second-order valence-electron chi connectivity index (χ2n) is 7.51. The Bertz CT molecular complexity index is 1210. The lowest BCUT2D eigenvalue weighted by atomic mass is 10.1. The molecule has 1 aromatic heterocycles. The van der Waals surface area contributed by atoms with Crippen LogP contribution in [0.2, 0.25) is 0 Å². The van der Waals surface area contributed by atoms with Crippen molar-refractivity contribution < 1.29 is 14.3 Å². The van der Waals surface area contributed by atoms with Crippen molar-refractivity contribution in [1.29, 1.82) is 0 Å². The second-order valence-corrected chi connectivity index (χ2v) is 7.51. The number of H-pyrrole nitrogens is 1. The summed E-state index contributed by atoms with van der Waals surface area (Å²) >= 11 is 0. The lowest BCUT2D eigenvalue weighted by Crippen LogP contribution is -2.38. The number of hydrogen-bond donors (Lipinski definition) is 3. The monoisotopic (exact) mass is 419 g/mol. The summed E-state index contributed by atoms with van der Waals surface area (Å²) in [5, 5.41) is 6.19. The maximum absolute atomic E-state index is 12.7. The number of rotatable bonds is 6. The van der Waals surface area contributed by atoms with Gasteiger partial charge in [0, 0.05) is 22.7 Å². The molecule has 0 radical (unpaired) electrons. The Balaban J connectivity index is 1.99. The molecule has 1 heterocycles. The van der Waals surface area contributed by atoms with Gasteiger partial charge in [-0.2, -0.15) is 0 Å². The maximum Gasteiger partial charge on any atom is 0.268 e. The van der Waals surface area contributed by atoms with E-state index in [1.54, 1.807) is 30.3 Å². The predicted octanol–water partition coefficient (Wildman–Crippen LogP) is 3.14. The van der Waals surface area contributed by atoms with Crippen LogP contribution in [0.25, 0.3) is 17.0 Å². The first-order valence-electron chi connectivity index (χ1n) is 9.88. The lowest BCUT2D eigenvalue weighted by molar-refractivity contribution is -0.118. The molecule has 0 saturated carbocycles. The molecule has 0 atom stereocenters. The number of ether oxygens (including phenoxy) is 1. The van der Waals surface area contributed by atoms with Crippen LogP contribution in [-0.2, 0) is 4.79 Å². The highest BCUT2D eigenvalue weighted by molar-refractivity contribution is 6.05. The number of benzene rings is 2. The summed E-state index contributed by atoms with van der Waals surface area (Å²) in [4.78, 5) is 40.8. The third-order valence-electron chi connectivity index (χ3n) is 4.59. The molecule has 3 N–H and O–H groups in total. The molecule has 2 aromatic carbocycles. The molecule has 0 aliphatic rings. The van der Waals surface area contributed by atoms with E-state index in [0.717, 1.165) is 10.9 Å². The fraction of sp³-hybridized carbons (Fsp3) is 0.208. The van der Waals surface area contributed by atoms with Gasteiger partial charge in [0.2, 0.25) is 0 Å². The summed E-state index contributed by atoms with van der Waals surface area (Å²) in [6.07, 6.45) is 1.39. The Morgan fingerprint density at radius 3 is 2.42 bits per heavy atom. The van der Waals surface area contributed by atoms with Crippen LogP contribution in [0.3, 0.4) is 0 Å². The van der Waals surface area contributed by atoms with E-state index in [2.05, 4.69) is 15.6 Å². The van der Waals surface area contributed by atoms with Gasteiger partial charge >= 0.3 is 0 Å². The smallest absolute Gasteiger partial charge is 0.268 e. The fourth-order valence-corrected chi connectivity index (χ4v) is 3.03. The molecule has 3 rings (SSSR count). The summed E-state index contributed by atoms with van der Waals surface area (Å²) in [6.45, 7) is 5.56. The molecule has 0 spiro atoms. The number of methoxy groups -OCH3 is 1. The first-order chi connectivity index (χ1) is 14.8. The Kier molecular flexibility index (Phi) is 6.55. The van der Waals surface area contributed by atoms with E-state index in [1.807, 2.05) is 39.0 Å². The standard InChI is InChI=1S/C24H25N3O4/c1-14(2)25-24(30)21(27-22(28)16-7-9-19(31-4)10-8-16)13-18-12-17-6-5-15(3)11-20(17)26-23(18)29/h5-14H,1-4H3,(H,25,30)(H,26,29)(H,27,28). The highest BCUT2D eigenvalue weighted by Gasteiger charge is 2.16. The molecular weight excluding hydrogens is 394 g/mol. The van der Waals surface area contributed by atoms with Crippen LogP contribution in [0.1, 0.15) is 35.3 Å². The molecule has 31 heavy (non-hydrogen) atoms. The fourth-order valence-electron chi connectivity index (χ4n) is 3.03. The molecule has 0 fully saturated rings. The molecule has 0 bridgehead atoms. The zero-order valence-electron chi connectivity index (χ0n) is 17.9. The van der Waals surface area contributed by atoms with Crippen molar-refractivity contribution in [3.63, 3.8) is 0 Å². The lowest BCUT2D eigenvalue weighted by Gasteiger charge is -2.13. The molecule has 0 aliphatic carbocycles. The average molecular weight is 419 g/mol. The van der Waals surface area contributed by atoms with Crippen molar-refractivity contribution in [2.24, 2.45) is 0 Å². The number of aryl methyl sites for hydroxylation is 1. The second kappa shape index (κ2) is 9.30. The Labute approximate surface area is 180 Å². The maximum atomic E-state index is 12.7. The third-order valence-corrected chi connectivity index (χ3v) is 4.59. The van der Waals surface area contributed by atoms with Crippen molar-refractivity contribution in [1.82, 2.24) is 15.6 Å². The quantitative estimate of drug-likeness (QED) is 0.535. The first kappa shape index (κ1) is 21.8. The Morgan fingerprint density at radius 1 is 1.06 bits per heavy atom. The Hall–Kier alpha value is -3.87. The molecule has 7 heteroatoms. The number of amides is 2. The van der Waals surface area contributed by atoms with Gasteiger partial charge < -0.3 is 20.4 Å². The van der Waals surface area contributed by atoms with E-state index in [1.165, 1.54) is 13.2 Å². The highest BCUT2D eigenvalue weighted by atomic mass is 16.5. The molecule has 160 valence electrons. The number of hydrogen-bond acceptors (Lipinski definition) is 4.